The maximum absolute atomic E-state index is 11.0. The van der Waals surface area contributed by atoms with Gasteiger partial charge in [0.1, 0.15) is 6.61 Å². The Kier molecular flexibility index (Phi) is 5.25. The normalized spacial score (nSPS) is 11.2. The van der Waals surface area contributed by atoms with E-state index in [-0.39, 0.29) is 23.6 Å². The van der Waals surface area contributed by atoms with E-state index in [1.54, 1.807) is 26.8 Å². The number of carboxylic acid groups (broad SMARTS) is 1. The number of hydrogen-bond donors (Lipinski definition) is 1. The van der Waals surface area contributed by atoms with Crippen LogP contribution in [0.25, 0.3) is 0 Å². The van der Waals surface area contributed by atoms with Crippen molar-refractivity contribution in [3.63, 3.8) is 0 Å². The lowest BCUT2D eigenvalue weighted by molar-refractivity contribution is -0.385. The quantitative estimate of drug-likeness (QED) is 0.491. The molecule has 0 aliphatic carbocycles. The average Bonchev–Trinajstić information content (AvgIpc) is 2.35. The van der Waals surface area contributed by atoms with E-state index in [0.29, 0.717) is 12.0 Å². The smallest absolute Gasteiger partial charge is 0.331 e. The summed E-state index contributed by atoms with van der Waals surface area (Å²) in [5, 5.41) is 19.9. The molecule has 0 unspecified atom stereocenters. The molecule has 0 bridgehead atoms. The summed E-state index contributed by atoms with van der Waals surface area (Å²) in [6.07, 6.45) is 1.79. The molecule has 1 rings (SSSR count). The van der Waals surface area contributed by atoms with Crippen LogP contribution in [0.1, 0.15) is 24.5 Å². The van der Waals surface area contributed by atoms with Crippen LogP contribution in [0.4, 0.5) is 5.69 Å². The van der Waals surface area contributed by atoms with E-state index >= 15 is 0 Å². The Morgan fingerprint density at radius 2 is 2.10 bits per heavy atom. The highest BCUT2D eigenvalue weighted by Gasteiger charge is 2.18. The fourth-order valence-electron chi connectivity index (χ4n) is 1.86. The Morgan fingerprint density at radius 1 is 1.45 bits per heavy atom. The van der Waals surface area contributed by atoms with E-state index in [9.17, 15) is 14.9 Å². The van der Waals surface area contributed by atoms with Crippen LogP contribution in [0.15, 0.2) is 23.8 Å². The molecular formula is C14H17NO5. The van der Waals surface area contributed by atoms with Gasteiger partial charge in [0.2, 0.25) is 0 Å². The number of hydrogen-bond acceptors (Lipinski definition) is 4. The Balaban J connectivity index is 2.98. The molecule has 0 aliphatic rings. The first-order chi connectivity index (χ1) is 9.36. The van der Waals surface area contributed by atoms with Gasteiger partial charge in [-0.15, -0.1) is 0 Å². The molecule has 0 saturated heterocycles. The molecule has 0 amide bonds. The second-order valence-corrected chi connectivity index (χ2v) is 4.39. The first-order valence-electron chi connectivity index (χ1n) is 6.17. The largest absolute Gasteiger partial charge is 0.482 e. The van der Waals surface area contributed by atoms with E-state index in [0.717, 1.165) is 5.56 Å². The number of aliphatic carboxylic acids is 1. The number of benzene rings is 1. The van der Waals surface area contributed by atoms with Crippen LogP contribution in [0.5, 0.6) is 5.75 Å². The van der Waals surface area contributed by atoms with Gasteiger partial charge in [-0.1, -0.05) is 13.0 Å². The minimum absolute atomic E-state index is 0.0137. The van der Waals surface area contributed by atoms with Gasteiger partial charge in [-0.2, -0.15) is 0 Å². The topological polar surface area (TPSA) is 89.7 Å². The van der Waals surface area contributed by atoms with Gasteiger partial charge in [-0.25, -0.2) is 4.79 Å². The molecule has 0 aliphatic heterocycles. The molecule has 1 aromatic carbocycles. The SMILES string of the molecule is CCC(=CCOc1c(C)cc(C)cc1[N+](=O)[O-])C(=O)O. The average molecular weight is 279 g/mol. The third-order valence-electron chi connectivity index (χ3n) is 2.81. The number of rotatable bonds is 6. The van der Waals surface area contributed by atoms with Gasteiger partial charge in [0.25, 0.3) is 0 Å². The summed E-state index contributed by atoms with van der Waals surface area (Å²) in [6.45, 7) is 5.19. The van der Waals surface area contributed by atoms with E-state index in [4.69, 9.17) is 9.84 Å². The zero-order valence-electron chi connectivity index (χ0n) is 11.7. The third kappa shape index (κ3) is 3.81. The van der Waals surface area contributed by atoms with Crippen molar-refractivity contribution in [2.24, 2.45) is 0 Å². The van der Waals surface area contributed by atoms with Crippen LogP contribution >= 0.6 is 0 Å². The minimum atomic E-state index is -1.01. The molecule has 0 saturated carbocycles. The predicted molar refractivity (Wildman–Crippen MR) is 74.1 cm³/mol. The zero-order chi connectivity index (χ0) is 15.3. The van der Waals surface area contributed by atoms with Crippen molar-refractivity contribution in [2.45, 2.75) is 27.2 Å². The summed E-state index contributed by atoms with van der Waals surface area (Å²) in [5.41, 5.74) is 1.54. The second-order valence-electron chi connectivity index (χ2n) is 4.39. The Morgan fingerprint density at radius 3 is 2.60 bits per heavy atom. The molecule has 6 heteroatoms. The van der Waals surface area contributed by atoms with Crippen LogP contribution in [0, 0.1) is 24.0 Å². The van der Waals surface area contributed by atoms with Crippen LogP contribution in [0.2, 0.25) is 0 Å². The van der Waals surface area contributed by atoms with Gasteiger partial charge >= 0.3 is 11.7 Å². The molecule has 0 aromatic heterocycles. The van der Waals surface area contributed by atoms with Gasteiger partial charge in [0, 0.05) is 11.6 Å². The highest BCUT2D eigenvalue weighted by molar-refractivity contribution is 5.86. The van der Waals surface area contributed by atoms with Crippen molar-refractivity contribution in [1.29, 1.82) is 0 Å². The maximum atomic E-state index is 11.0. The summed E-state index contributed by atoms with van der Waals surface area (Å²) < 4.78 is 5.39. The summed E-state index contributed by atoms with van der Waals surface area (Å²) in [7, 11) is 0. The molecule has 1 N–H and O–H groups in total. The summed E-state index contributed by atoms with van der Waals surface area (Å²) in [6, 6.07) is 3.22. The third-order valence-corrected chi connectivity index (χ3v) is 2.81. The number of ether oxygens (including phenoxy) is 1. The van der Waals surface area contributed by atoms with Crippen molar-refractivity contribution < 1.29 is 19.6 Å². The number of nitro groups is 1. The van der Waals surface area contributed by atoms with E-state index in [2.05, 4.69) is 0 Å². The standard InChI is InChI=1S/C14H17NO5/c1-4-11(14(16)17)5-6-20-13-10(3)7-9(2)8-12(13)15(18)19/h5,7-8H,4,6H2,1-3H3,(H,16,17). The zero-order valence-corrected chi connectivity index (χ0v) is 11.7. The molecule has 0 atom stereocenters. The van der Waals surface area contributed by atoms with Crippen LogP contribution in [0.3, 0.4) is 0 Å². The first-order valence-corrected chi connectivity index (χ1v) is 6.17. The van der Waals surface area contributed by atoms with Crippen LogP contribution < -0.4 is 4.74 Å². The molecule has 20 heavy (non-hydrogen) atoms. The fourth-order valence-corrected chi connectivity index (χ4v) is 1.86. The lowest BCUT2D eigenvalue weighted by Gasteiger charge is -2.09. The van der Waals surface area contributed by atoms with Gasteiger partial charge in [-0.05, 0) is 37.5 Å². The Bertz CT molecular complexity index is 563. The Labute approximate surface area is 116 Å². The van der Waals surface area contributed by atoms with Crippen molar-refractivity contribution in [3.05, 3.63) is 45.0 Å². The lowest BCUT2D eigenvalue weighted by atomic mass is 10.1. The van der Waals surface area contributed by atoms with Crippen LogP contribution in [-0.4, -0.2) is 22.6 Å². The van der Waals surface area contributed by atoms with Crippen molar-refractivity contribution in [1.82, 2.24) is 0 Å². The molecule has 0 radical (unpaired) electrons. The van der Waals surface area contributed by atoms with Gasteiger partial charge < -0.3 is 9.84 Å². The van der Waals surface area contributed by atoms with Crippen LogP contribution in [-0.2, 0) is 4.79 Å². The van der Waals surface area contributed by atoms with E-state index in [1.807, 2.05) is 0 Å². The minimum Gasteiger partial charge on any atom is -0.482 e. The van der Waals surface area contributed by atoms with Gasteiger partial charge in [0.15, 0.2) is 5.75 Å². The first kappa shape index (κ1) is 15.7. The van der Waals surface area contributed by atoms with Gasteiger partial charge in [-0.3, -0.25) is 10.1 Å². The molecule has 0 spiro atoms. The number of aryl methyl sites for hydroxylation is 2. The van der Waals surface area contributed by atoms with Crippen molar-refractivity contribution >= 4 is 11.7 Å². The molecular weight excluding hydrogens is 262 g/mol. The number of carbonyl (C=O) groups is 1. The summed E-state index contributed by atoms with van der Waals surface area (Å²) in [4.78, 5) is 21.3. The Hall–Kier alpha value is -2.37. The summed E-state index contributed by atoms with van der Waals surface area (Å²) >= 11 is 0. The van der Waals surface area contributed by atoms with Crippen molar-refractivity contribution in [2.75, 3.05) is 6.61 Å². The number of nitro benzene ring substituents is 1. The molecule has 6 nitrogen and oxygen atoms in total. The summed E-state index contributed by atoms with van der Waals surface area (Å²) in [5.74, 6) is -0.830. The van der Waals surface area contributed by atoms with Crippen molar-refractivity contribution in [3.8, 4) is 5.75 Å². The highest BCUT2D eigenvalue weighted by atomic mass is 16.6. The van der Waals surface area contributed by atoms with Gasteiger partial charge in [0.05, 0.1) is 4.92 Å². The highest BCUT2D eigenvalue weighted by Crippen LogP contribution is 2.32. The number of nitrogens with zero attached hydrogens (tertiary/aromatic N) is 1. The molecule has 0 fully saturated rings. The molecule has 108 valence electrons. The van der Waals surface area contributed by atoms with E-state index < -0.39 is 10.9 Å². The fraction of sp³-hybridized carbons (Fsp3) is 0.357. The van der Waals surface area contributed by atoms with E-state index in [1.165, 1.54) is 12.1 Å². The molecule has 1 aromatic rings. The lowest BCUT2D eigenvalue weighted by Crippen LogP contribution is -2.05. The maximum Gasteiger partial charge on any atom is 0.331 e. The number of carboxylic acids is 1. The predicted octanol–water partition coefficient (Wildman–Crippen LogP) is 3.01. The second kappa shape index (κ2) is 6.70. The molecule has 0 heterocycles. The monoisotopic (exact) mass is 279 g/mol.